The fourth-order valence-corrected chi connectivity index (χ4v) is 3.78. The smallest absolute Gasteiger partial charge is 0.421 e. The number of nitrogens with one attached hydrogen (secondary N) is 3. The van der Waals surface area contributed by atoms with E-state index in [9.17, 15) is 22.8 Å². The zero-order valence-corrected chi connectivity index (χ0v) is 18.2. The number of hydrogen-bond donors (Lipinski definition) is 4. The topological polar surface area (TPSA) is 116 Å². The standard InChI is InChI=1S/C22H26F3N5O3/c1-12(2)27-20(33)15-4-3-5-17(15)29-19-16(22(23,24)25)11-26-21(30-19)28-14-8-6-13(7-9-14)10-18(31)32/h6-9,11-12,15,17H,3-5,10H2,1-2H3,(H,27,33)(H,31,32)(H2,26,28,29,30)/t15-,17+/m0/s1. The van der Waals surface area contributed by atoms with Crippen LogP contribution in [0.1, 0.15) is 44.2 Å². The number of rotatable bonds is 8. The van der Waals surface area contributed by atoms with Gasteiger partial charge in [0.05, 0.1) is 12.3 Å². The van der Waals surface area contributed by atoms with Crippen LogP contribution in [0.5, 0.6) is 0 Å². The Morgan fingerprint density at radius 1 is 1.18 bits per heavy atom. The molecule has 1 heterocycles. The molecular weight excluding hydrogens is 439 g/mol. The van der Waals surface area contributed by atoms with E-state index < -0.39 is 35.5 Å². The van der Waals surface area contributed by atoms with Gasteiger partial charge in [0.15, 0.2) is 0 Å². The fourth-order valence-electron chi connectivity index (χ4n) is 3.78. The van der Waals surface area contributed by atoms with Crippen molar-refractivity contribution in [2.75, 3.05) is 10.6 Å². The van der Waals surface area contributed by atoms with Crippen LogP contribution in [0.3, 0.4) is 0 Å². The number of amides is 1. The third-order valence-corrected chi connectivity index (χ3v) is 5.27. The lowest BCUT2D eigenvalue weighted by Gasteiger charge is -2.24. The van der Waals surface area contributed by atoms with E-state index in [0.717, 1.165) is 0 Å². The van der Waals surface area contributed by atoms with Gasteiger partial charge in [0.1, 0.15) is 11.4 Å². The molecule has 0 bridgehead atoms. The summed E-state index contributed by atoms with van der Waals surface area (Å²) in [6.07, 6.45) is -2.27. The first kappa shape index (κ1) is 24.3. The molecule has 0 saturated heterocycles. The Kier molecular flexibility index (Phi) is 7.39. The Morgan fingerprint density at radius 3 is 2.48 bits per heavy atom. The van der Waals surface area contributed by atoms with Gasteiger partial charge in [-0.3, -0.25) is 9.59 Å². The van der Waals surface area contributed by atoms with Crippen LogP contribution in [0.2, 0.25) is 0 Å². The van der Waals surface area contributed by atoms with Crippen LogP contribution in [0.25, 0.3) is 0 Å². The second-order valence-electron chi connectivity index (χ2n) is 8.30. The fraction of sp³-hybridized carbons (Fsp3) is 0.455. The molecule has 178 valence electrons. The molecule has 8 nitrogen and oxygen atoms in total. The Hall–Kier alpha value is -3.37. The van der Waals surface area contributed by atoms with Gasteiger partial charge < -0.3 is 21.1 Å². The number of aromatic nitrogens is 2. The van der Waals surface area contributed by atoms with Crippen LogP contribution >= 0.6 is 0 Å². The number of nitrogens with zero attached hydrogens (tertiary/aromatic N) is 2. The number of benzene rings is 1. The minimum Gasteiger partial charge on any atom is -0.481 e. The number of carboxylic acids is 1. The molecule has 11 heteroatoms. The van der Waals surface area contributed by atoms with Gasteiger partial charge in [0.25, 0.3) is 0 Å². The van der Waals surface area contributed by atoms with Gasteiger partial charge >= 0.3 is 12.1 Å². The second kappa shape index (κ2) is 10.1. The predicted molar refractivity (Wildman–Crippen MR) is 116 cm³/mol. The van der Waals surface area contributed by atoms with Crippen LogP contribution < -0.4 is 16.0 Å². The quantitative estimate of drug-likeness (QED) is 0.466. The number of aliphatic carboxylic acids is 1. The van der Waals surface area contributed by atoms with Gasteiger partial charge in [0, 0.05) is 24.0 Å². The summed E-state index contributed by atoms with van der Waals surface area (Å²) < 4.78 is 40.8. The lowest BCUT2D eigenvalue weighted by molar-refractivity contribution is -0.137. The first-order valence-corrected chi connectivity index (χ1v) is 10.6. The predicted octanol–water partition coefficient (Wildman–Crippen LogP) is 3.97. The molecular formula is C22H26F3N5O3. The number of anilines is 3. The number of carbonyl (C=O) groups excluding carboxylic acids is 1. The summed E-state index contributed by atoms with van der Waals surface area (Å²) in [5, 5.41) is 17.3. The number of hydrogen-bond acceptors (Lipinski definition) is 6. The number of alkyl halides is 3. The highest BCUT2D eigenvalue weighted by molar-refractivity contribution is 5.80. The number of halogens is 3. The van der Waals surface area contributed by atoms with E-state index in [0.29, 0.717) is 36.7 Å². The van der Waals surface area contributed by atoms with Crippen molar-refractivity contribution in [1.82, 2.24) is 15.3 Å². The third-order valence-electron chi connectivity index (χ3n) is 5.27. The lowest BCUT2D eigenvalue weighted by atomic mass is 10.0. The Balaban J connectivity index is 1.82. The van der Waals surface area contributed by atoms with Crippen molar-refractivity contribution in [3.8, 4) is 0 Å². The van der Waals surface area contributed by atoms with Crippen LogP contribution in [-0.2, 0) is 22.2 Å². The monoisotopic (exact) mass is 465 g/mol. The van der Waals surface area contributed by atoms with E-state index >= 15 is 0 Å². The van der Waals surface area contributed by atoms with Crippen molar-refractivity contribution in [1.29, 1.82) is 0 Å². The number of carbonyl (C=O) groups is 2. The molecule has 2 atom stereocenters. The van der Waals surface area contributed by atoms with E-state index in [1.165, 1.54) is 0 Å². The zero-order chi connectivity index (χ0) is 24.2. The molecule has 4 N–H and O–H groups in total. The Labute approximate surface area is 189 Å². The van der Waals surface area contributed by atoms with E-state index in [2.05, 4.69) is 25.9 Å². The van der Waals surface area contributed by atoms with Crippen molar-refractivity contribution in [3.05, 3.63) is 41.6 Å². The number of carboxylic acid groups (broad SMARTS) is 1. The summed E-state index contributed by atoms with van der Waals surface area (Å²) in [5.74, 6) is -2.07. The SMILES string of the molecule is CC(C)NC(=O)[C@H]1CCC[C@H]1Nc1nc(Nc2ccc(CC(=O)O)cc2)ncc1C(F)(F)F. The highest BCUT2D eigenvalue weighted by Crippen LogP contribution is 2.36. The van der Waals surface area contributed by atoms with E-state index in [1.54, 1.807) is 24.3 Å². The molecule has 1 aromatic carbocycles. The second-order valence-corrected chi connectivity index (χ2v) is 8.30. The van der Waals surface area contributed by atoms with Crippen LogP contribution in [-0.4, -0.2) is 39.0 Å². The summed E-state index contributed by atoms with van der Waals surface area (Å²) in [5.41, 5.74) is 0.0559. The van der Waals surface area contributed by atoms with Gasteiger partial charge in [-0.1, -0.05) is 18.6 Å². The first-order valence-electron chi connectivity index (χ1n) is 10.6. The highest BCUT2D eigenvalue weighted by atomic mass is 19.4. The largest absolute Gasteiger partial charge is 0.481 e. The van der Waals surface area contributed by atoms with Crippen molar-refractivity contribution >= 4 is 29.3 Å². The highest BCUT2D eigenvalue weighted by Gasteiger charge is 2.38. The summed E-state index contributed by atoms with van der Waals surface area (Å²) in [6, 6.07) is 5.82. The molecule has 3 rings (SSSR count). The molecule has 1 fully saturated rings. The average molecular weight is 465 g/mol. The lowest BCUT2D eigenvalue weighted by Crippen LogP contribution is -2.41. The van der Waals surface area contributed by atoms with Crippen molar-refractivity contribution in [2.24, 2.45) is 5.92 Å². The maximum Gasteiger partial charge on any atom is 0.421 e. The molecule has 1 aliphatic rings. The molecule has 2 aromatic rings. The van der Waals surface area contributed by atoms with E-state index in [1.807, 2.05) is 13.8 Å². The Bertz CT molecular complexity index is 996. The molecule has 1 amide bonds. The van der Waals surface area contributed by atoms with Crippen LogP contribution in [0.15, 0.2) is 30.5 Å². The maximum absolute atomic E-state index is 13.6. The van der Waals surface area contributed by atoms with Gasteiger partial charge in [-0.05, 0) is 44.4 Å². The van der Waals surface area contributed by atoms with Crippen molar-refractivity contribution in [2.45, 2.75) is 57.8 Å². The molecule has 0 radical (unpaired) electrons. The van der Waals surface area contributed by atoms with Crippen molar-refractivity contribution in [3.63, 3.8) is 0 Å². The summed E-state index contributed by atoms with van der Waals surface area (Å²) >= 11 is 0. The molecule has 0 unspecified atom stereocenters. The molecule has 1 saturated carbocycles. The van der Waals surface area contributed by atoms with Gasteiger partial charge in [-0.2, -0.15) is 18.2 Å². The van der Waals surface area contributed by atoms with E-state index in [-0.39, 0.29) is 24.3 Å². The first-order chi connectivity index (χ1) is 15.5. The van der Waals surface area contributed by atoms with Gasteiger partial charge in [0.2, 0.25) is 11.9 Å². The third kappa shape index (κ3) is 6.56. The maximum atomic E-state index is 13.6. The summed E-state index contributed by atoms with van der Waals surface area (Å²) in [7, 11) is 0. The molecule has 33 heavy (non-hydrogen) atoms. The van der Waals surface area contributed by atoms with Crippen LogP contribution in [0.4, 0.5) is 30.6 Å². The van der Waals surface area contributed by atoms with Crippen LogP contribution in [0, 0.1) is 5.92 Å². The molecule has 0 spiro atoms. The minimum absolute atomic E-state index is 0.0577. The minimum atomic E-state index is -4.67. The van der Waals surface area contributed by atoms with Crippen molar-refractivity contribution < 1.29 is 27.9 Å². The zero-order valence-electron chi connectivity index (χ0n) is 18.2. The molecule has 1 aliphatic carbocycles. The van der Waals surface area contributed by atoms with E-state index in [4.69, 9.17) is 5.11 Å². The molecule has 0 aliphatic heterocycles. The van der Waals surface area contributed by atoms with Gasteiger partial charge in [-0.25, -0.2) is 4.98 Å². The Morgan fingerprint density at radius 2 is 1.88 bits per heavy atom. The molecule has 1 aromatic heterocycles. The van der Waals surface area contributed by atoms with Gasteiger partial charge in [-0.15, -0.1) is 0 Å². The summed E-state index contributed by atoms with van der Waals surface area (Å²) in [4.78, 5) is 31.1. The normalized spacial score (nSPS) is 18.2. The summed E-state index contributed by atoms with van der Waals surface area (Å²) in [6.45, 7) is 3.65. The average Bonchev–Trinajstić information content (AvgIpc) is 3.16.